The van der Waals surface area contributed by atoms with E-state index in [1.54, 1.807) is 11.8 Å². The fourth-order valence-electron chi connectivity index (χ4n) is 1.78. The van der Waals surface area contributed by atoms with Crippen molar-refractivity contribution in [1.82, 2.24) is 0 Å². The Morgan fingerprint density at radius 3 is 2.28 bits per heavy atom. The van der Waals surface area contributed by atoms with Crippen molar-refractivity contribution in [3.8, 4) is 0 Å². The molecule has 94 valence electrons. The predicted octanol–water partition coefficient (Wildman–Crippen LogP) is 4.85. The monoisotopic (exact) mass is 257 g/mol. The maximum atomic E-state index is 5.99. The first-order valence-electron chi connectivity index (χ1n) is 6.20. The molecule has 0 fully saturated rings. The molecule has 0 atom stereocenters. The smallest absolute Gasteiger partial charge is 0.0456 e. The highest BCUT2D eigenvalue weighted by Gasteiger charge is 2.03. The molecule has 0 radical (unpaired) electrons. The van der Waals surface area contributed by atoms with Crippen LogP contribution in [0.25, 0.3) is 0 Å². The largest absolute Gasteiger partial charge is 0.398 e. The summed E-state index contributed by atoms with van der Waals surface area (Å²) in [5, 5.41) is 0. The number of benzene rings is 2. The van der Waals surface area contributed by atoms with Crippen molar-refractivity contribution in [2.45, 2.75) is 36.5 Å². The molecule has 0 spiro atoms. The van der Waals surface area contributed by atoms with Gasteiger partial charge in [0, 0.05) is 15.5 Å². The first kappa shape index (κ1) is 13.0. The number of aryl methyl sites for hydroxylation is 1. The second-order valence-electron chi connectivity index (χ2n) is 4.87. The molecule has 0 aromatic heterocycles. The zero-order valence-corrected chi connectivity index (χ0v) is 11.9. The molecule has 2 heteroatoms. The van der Waals surface area contributed by atoms with Crippen molar-refractivity contribution >= 4 is 17.4 Å². The van der Waals surface area contributed by atoms with Gasteiger partial charge in [0.25, 0.3) is 0 Å². The normalized spacial score (nSPS) is 10.9. The summed E-state index contributed by atoms with van der Waals surface area (Å²) in [5.41, 5.74) is 9.45. The Morgan fingerprint density at radius 2 is 1.67 bits per heavy atom. The fourth-order valence-corrected chi connectivity index (χ4v) is 2.73. The van der Waals surface area contributed by atoms with Crippen LogP contribution in [0.3, 0.4) is 0 Å². The van der Waals surface area contributed by atoms with Crippen LogP contribution < -0.4 is 5.73 Å². The Hall–Kier alpha value is -1.41. The molecule has 0 aliphatic heterocycles. The van der Waals surface area contributed by atoms with Crippen LogP contribution in [0.15, 0.2) is 52.3 Å². The third-order valence-electron chi connectivity index (χ3n) is 2.94. The summed E-state index contributed by atoms with van der Waals surface area (Å²) in [7, 11) is 0. The van der Waals surface area contributed by atoms with Gasteiger partial charge in [-0.05, 0) is 48.2 Å². The number of rotatable bonds is 3. The molecule has 0 saturated carbocycles. The van der Waals surface area contributed by atoms with Crippen molar-refractivity contribution in [3.05, 3.63) is 53.6 Å². The minimum Gasteiger partial charge on any atom is -0.398 e. The van der Waals surface area contributed by atoms with E-state index < -0.39 is 0 Å². The van der Waals surface area contributed by atoms with E-state index in [0.717, 1.165) is 10.6 Å². The first-order valence-corrected chi connectivity index (χ1v) is 7.02. The van der Waals surface area contributed by atoms with Gasteiger partial charge in [-0.3, -0.25) is 0 Å². The summed E-state index contributed by atoms with van der Waals surface area (Å²) in [6.07, 6.45) is 0. The van der Waals surface area contributed by atoms with Gasteiger partial charge < -0.3 is 5.73 Å². The van der Waals surface area contributed by atoms with Gasteiger partial charge in [0.15, 0.2) is 0 Å². The van der Waals surface area contributed by atoms with Crippen LogP contribution >= 0.6 is 11.8 Å². The van der Waals surface area contributed by atoms with Crippen LogP contribution in [-0.4, -0.2) is 0 Å². The number of nitrogen functional groups attached to an aromatic ring is 1. The molecule has 0 aliphatic carbocycles. The molecule has 0 aliphatic rings. The number of anilines is 1. The highest BCUT2D eigenvalue weighted by atomic mass is 32.2. The highest BCUT2D eigenvalue weighted by Crippen LogP contribution is 2.33. The molecule has 0 heterocycles. The molecule has 0 amide bonds. The van der Waals surface area contributed by atoms with Crippen molar-refractivity contribution in [1.29, 1.82) is 0 Å². The van der Waals surface area contributed by atoms with Crippen LogP contribution in [0, 0.1) is 6.92 Å². The van der Waals surface area contributed by atoms with Gasteiger partial charge in [-0.1, -0.05) is 43.8 Å². The summed E-state index contributed by atoms with van der Waals surface area (Å²) >= 11 is 1.72. The zero-order chi connectivity index (χ0) is 13.1. The van der Waals surface area contributed by atoms with E-state index in [1.165, 1.54) is 16.0 Å². The minimum absolute atomic E-state index is 0.577. The fraction of sp³-hybridized carbons (Fsp3) is 0.250. The summed E-state index contributed by atoms with van der Waals surface area (Å²) < 4.78 is 0. The molecule has 2 aromatic rings. The summed E-state index contributed by atoms with van der Waals surface area (Å²) in [6.45, 7) is 6.51. The number of nitrogens with two attached hydrogens (primary N) is 1. The number of hydrogen-bond acceptors (Lipinski definition) is 2. The standard InChI is InChI=1S/C16H19NS/c1-11(2)13-5-7-14(8-6-13)18-16-10-12(3)4-9-15(16)17/h4-11H,17H2,1-3H3. The second kappa shape index (κ2) is 5.49. The Bertz CT molecular complexity index is 529. The minimum atomic E-state index is 0.577. The molecule has 1 nitrogen and oxygen atoms in total. The molecular formula is C16H19NS. The number of hydrogen-bond donors (Lipinski definition) is 1. The van der Waals surface area contributed by atoms with E-state index in [4.69, 9.17) is 5.73 Å². The Labute approximate surface area is 113 Å². The quantitative estimate of drug-likeness (QED) is 0.795. The van der Waals surface area contributed by atoms with Gasteiger partial charge in [0.1, 0.15) is 0 Å². The average molecular weight is 257 g/mol. The Balaban J connectivity index is 2.21. The van der Waals surface area contributed by atoms with Crippen molar-refractivity contribution < 1.29 is 0 Å². The van der Waals surface area contributed by atoms with E-state index in [2.05, 4.69) is 51.1 Å². The highest BCUT2D eigenvalue weighted by molar-refractivity contribution is 7.99. The maximum absolute atomic E-state index is 5.99. The van der Waals surface area contributed by atoms with Crippen molar-refractivity contribution in [2.24, 2.45) is 0 Å². The molecule has 2 N–H and O–H groups in total. The lowest BCUT2D eigenvalue weighted by molar-refractivity contribution is 0.865. The summed E-state index contributed by atoms with van der Waals surface area (Å²) in [6, 6.07) is 14.9. The summed E-state index contributed by atoms with van der Waals surface area (Å²) in [4.78, 5) is 2.36. The van der Waals surface area contributed by atoms with E-state index in [9.17, 15) is 0 Å². The van der Waals surface area contributed by atoms with E-state index in [1.807, 2.05) is 12.1 Å². The molecule has 2 rings (SSSR count). The van der Waals surface area contributed by atoms with E-state index in [0.29, 0.717) is 5.92 Å². The third kappa shape index (κ3) is 3.08. The predicted molar refractivity (Wildman–Crippen MR) is 80.2 cm³/mol. The topological polar surface area (TPSA) is 26.0 Å². The van der Waals surface area contributed by atoms with Crippen LogP contribution in [0.5, 0.6) is 0 Å². The molecule has 0 unspecified atom stereocenters. The van der Waals surface area contributed by atoms with Gasteiger partial charge in [-0.2, -0.15) is 0 Å². The zero-order valence-electron chi connectivity index (χ0n) is 11.1. The molecule has 0 bridgehead atoms. The van der Waals surface area contributed by atoms with Crippen molar-refractivity contribution in [3.63, 3.8) is 0 Å². The molecule has 18 heavy (non-hydrogen) atoms. The van der Waals surface area contributed by atoms with Crippen LogP contribution in [-0.2, 0) is 0 Å². The Kier molecular flexibility index (Phi) is 3.97. The van der Waals surface area contributed by atoms with Crippen LogP contribution in [0.2, 0.25) is 0 Å². The van der Waals surface area contributed by atoms with Crippen LogP contribution in [0.1, 0.15) is 30.9 Å². The average Bonchev–Trinajstić information content (AvgIpc) is 2.34. The molecule has 2 aromatic carbocycles. The second-order valence-corrected chi connectivity index (χ2v) is 5.98. The van der Waals surface area contributed by atoms with E-state index >= 15 is 0 Å². The van der Waals surface area contributed by atoms with Gasteiger partial charge in [-0.25, -0.2) is 0 Å². The first-order chi connectivity index (χ1) is 8.56. The van der Waals surface area contributed by atoms with Gasteiger partial charge in [0.2, 0.25) is 0 Å². The lowest BCUT2D eigenvalue weighted by Gasteiger charge is -2.09. The van der Waals surface area contributed by atoms with Gasteiger partial charge in [0.05, 0.1) is 0 Å². The summed E-state index contributed by atoms with van der Waals surface area (Å²) in [5.74, 6) is 0.577. The molecule has 0 saturated heterocycles. The Morgan fingerprint density at radius 1 is 1.00 bits per heavy atom. The van der Waals surface area contributed by atoms with Gasteiger partial charge in [-0.15, -0.1) is 0 Å². The third-order valence-corrected chi connectivity index (χ3v) is 4.02. The molecular weight excluding hydrogens is 238 g/mol. The van der Waals surface area contributed by atoms with Crippen LogP contribution in [0.4, 0.5) is 5.69 Å². The van der Waals surface area contributed by atoms with E-state index in [-0.39, 0.29) is 0 Å². The lowest BCUT2D eigenvalue weighted by atomic mass is 10.0. The maximum Gasteiger partial charge on any atom is 0.0456 e. The van der Waals surface area contributed by atoms with Crippen molar-refractivity contribution in [2.75, 3.05) is 5.73 Å². The lowest BCUT2D eigenvalue weighted by Crippen LogP contribution is -1.89. The SMILES string of the molecule is Cc1ccc(N)c(Sc2ccc(C(C)C)cc2)c1. The van der Waals surface area contributed by atoms with Gasteiger partial charge >= 0.3 is 0 Å².